The summed E-state index contributed by atoms with van der Waals surface area (Å²) in [4.78, 5) is 0. The number of hydrogen-bond donors (Lipinski definition) is 1. The van der Waals surface area contributed by atoms with Gasteiger partial charge >= 0.3 is 137 Å². The standard InChI is InChI=1S/C18H26O3Se/c1-12-9-14(21-4)5-6-15(12)22(20)11-18-8-7-13(10-16(18)19)17(18,2)3/h5-6,9,13,16,19H,7-8,10-11H2,1-4H3/t13-,16-,18-,22?/m1/s1. The Morgan fingerprint density at radius 2 is 2.14 bits per heavy atom. The number of benzene rings is 1. The fourth-order valence-electron chi connectivity index (χ4n) is 4.70. The van der Waals surface area contributed by atoms with Crippen LogP contribution in [0.1, 0.15) is 38.7 Å². The van der Waals surface area contributed by atoms with Crippen molar-refractivity contribution in [3.05, 3.63) is 23.8 Å². The molecule has 0 radical (unpaired) electrons. The van der Waals surface area contributed by atoms with Crippen molar-refractivity contribution < 1.29 is 13.7 Å². The molecule has 1 N–H and O–H groups in total. The molecule has 122 valence electrons. The van der Waals surface area contributed by atoms with Crippen LogP contribution in [0.3, 0.4) is 0 Å². The fraction of sp³-hybridized carbons (Fsp3) is 0.667. The van der Waals surface area contributed by atoms with Gasteiger partial charge in [0, 0.05) is 0 Å². The first-order chi connectivity index (χ1) is 10.3. The van der Waals surface area contributed by atoms with Crippen LogP contribution in [-0.2, 0) is 3.83 Å². The van der Waals surface area contributed by atoms with Crippen LogP contribution >= 0.6 is 0 Å². The molecule has 1 aromatic rings. The van der Waals surface area contributed by atoms with Crippen LogP contribution in [-0.4, -0.2) is 32.2 Å². The third-order valence-electron chi connectivity index (χ3n) is 6.40. The number of aryl methyl sites for hydroxylation is 1. The maximum atomic E-state index is 13.1. The number of ether oxygens (including phenoxy) is 1. The van der Waals surface area contributed by atoms with E-state index in [4.69, 9.17) is 4.74 Å². The third kappa shape index (κ3) is 2.19. The number of hydrogen-bond acceptors (Lipinski definition) is 3. The van der Waals surface area contributed by atoms with Gasteiger partial charge in [-0.2, -0.15) is 0 Å². The van der Waals surface area contributed by atoms with E-state index in [-0.39, 0.29) is 16.9 Å². The first-order valence-corrected chi connectivity index (χ1v) is 10.8. The normalized spacial score (nSPS) is 33.9. The van der Waals surface area contributed by atoms with E-state index < -0.39 is 13.8 Å². The predicted octanol–water partition coefficient (Wildman–Crippen LogP) is 2.82. The number of rotatable bonds is 4. The zero-order chi connectivity index (χ0) is 16.1. The minimum absolute atomic E-state index is 0.0962. The summed E-state index contributed by atoms with van der Waals surface area (Å²) < 4.78 is 19.3. The topological polar surface area (TPSA) is 46.5 Å². The molecule has 22 heavy (non-hydrogen) atoms. The van der Waals surface area contributed by atoms with Crippen molar-refractivity contribution >= 4 is 18.3 Å². The molecule has 0 heterocycles. The average Bonchev–Trinajstić information content (AvgIpc) is 2.81. The molecule has 3 nitrogen and oxygen atoms in total. The van der Waals surface area contributed by atoms with E-state index in [1.54, 1.807) is 7.11 Å². The fourth-order valence-corrected chi connectivity index (χ4v) is 8.83. The van der Waals surface area contributed by atoms with Gasteiger partial charge in [-0.15, -0.1) is 0 Å². The van der Waals surface area contributed by atoms with E-state index in [1.807, 2.05) is 25.1 Å². The van der Waals surface area contributed by atoms with E-state index in [1.165, 1.54) is 6.42 Å². The van der Waals surface area contributed by atoms with Crippen LogP contribution in [0.15, 0.2) is 18.2 Å². The van der Waals surface area contributed by atoms with Crippen molar-refractivity contribution in [3.8, 4) is 5.75 Å². The summed E-state index contributed by atoms with van der Waals surface area (Å²) in [5, 5.41) is 11.3. The Labute approximate surface area is 137 Å². The van der Waals surface area contributed by atoms with Gasteiger partial charge in [-0.05, 0) is 0 Å². The van der Waals surface area contributed by atoms with Crippen molar-refractivity contribution in [2.45, 2.75) is 51.5 Å². The van der Waals surface area contributed by atoms with Crippen molar-refractivity contribution in [2.75, 3.05) is 7.11 Å². The first kappa shape index (κ1) is 16.2. The van der Waals surface area contributed by atoms with Crippen LogP contribution in [0.25, 0.3) is 0 Å². The molecule has 0 saturated heterocycles. The van der Waals surface area contributed by atoms with Crippen molar-refractivity contribution in [1.82, 2.24) is 0 Å². The predicted molar refractivity (Wildman–Crippen MR) is 88.2 cm³/mol. The third-order valence-corrected chi connectivity index (χ3v) is 10.0. The molecule has 2 fully saturated rings. The summed E-state index contributed by atoms with van der Waals surface area (Å²) in [7, 11) is 1.65. The molecule has 2 saturated carbocycles. The zero-order valence-corrected chi connectivity index (χ0v) is 15.6. The van der Waals surface area contributed by atoms with E-state index in [9.17, 15) is 8.94 Å². The Morgan fingerprint density at radius 3 is 2.64 bits per heavy atom. The second-order valence-electron chi connectivity index (χ2n) is 7.49. The molecular weight excluding hydrogens is 343 g/mol. The van der Waals surface area contributed by atoms with Gasteiger partial charge in [0.25, 0.3) is 0 Å². The Kier molecular flexibility index (Phi) is 3.99. The summed E-state index contributed by atoms with van der Waals surface area (Å²) >= 11 is -2.17. The van der Waals surface area contributed by atoms with Gasteiger partial charge in [0.15, 0.2) is 0 Å². The van der Waals surface area contributed by atoms with Gasteiger partial charge in [0.2, 0.25) is 0 Å². The van der Waals surface area contributed by atoms with Gasteiger partial charge in [-0.25, -0.2) is 0 Å². The second-order valence-corrected chi connectivity index (χ2v) is 10.5. The molecule has 0 spiro atoms. The van der Waals surface area contributed by atoms with Crippen LogP contribution in [0.4, 0.5) is 0 Å². The van der Waals surface area contributed by atoms with Crippen molar-refractivity contribution in [3.63, 3.8) is 0 Å². The summed E-state index contributed by atoms with van der Waals surface area (Å²) in [6.07, 6.45) is 2.78. The molecular formula is C18H26O3Se. The second kappa shape index (κ2) is 5.43. The van der Waals surface area contributed by atoms with Gasteiger partial charge < -0.3 is 0 Å². The van der Waals surface area contributed by atoms with Crippen molar-refractivity contribution in [1.29, 1.82) is 0 Å². The molecule has 2 aliphatic carbocycles. The van der Waals surface area contributed by atoms with Gasteiger partial charge in [0.1, 0.15) is 0 Å². The SMILES string of the molecule is COc1ccc([Se](=O)C[C@]23CC[C@H](C[C@H]2O)C3(C)C)c(C)c1. The van der Waals surface area contributed by atoms with Gasteiger partial charge in [-0.3, -0.25) is 0 Å². The molecule has 1 unspecified atom stereocenters. The Morgan fingerprint density at radius 1 is 1.41 bits per heavy atom. The van der Waals surface area contributed by atoms with Crippen LogP contribution in [0.5, 0.6) is 5.75 Å². The summed E-state index contributed by atoms with van der Waals surface area (Å²) in [6, 6.07) is 5.79. The summed E-state index contributed by atoms with van der Waals surface area (Å²) in [5.41, 5.74) is 0.977. The average molecular weight is 369 g/mol. The zero-order valence-electron chi connectivity index (χ0n) is 13.9. The first-order valence-electron chi connectivity index (χ1n) is 8.03. The van der Waals surface area contributed by atoms with Crippen LogP contribution in [0, 0.1) is 23.7 Å². The Bertz CT molecular complexity index is 610. The quantitative estimate of drug-likeness (QED) is 0.831. The summed E-state index contributed by atoms with van der Waals surface area (Å²) in [5.74, 6) is 1.39. The van der Waals surface area contributed by atoms with E-state index >= 15 is 0 Å². The number of fused-ring (bicyclic) bond motifs is 2. The molecule has 1 aromatic carbocycles. The maximum absolute atomic E-state index is 13.1. The molecule has 2 aliphatic rings. The molecule has 3 rings (SSSR count). The number of aliphatic hydroxyl groups excluding tert-OH is 1. The Balaban J connectivity index is 1.88. The minimum atomic E-state index is -2.17. The van der Waals surface area contributed by atoms with Gasteiger partial charge in [0.05, 0.1) is 0 Å². The molecule has 2 bridgehead atoms. The van der Waals surface area contributed by atoms with Crippen molar-refractivity contribution in [2.24, 2.45) is 16.7 Å². The summed E-state index contributed by atoms with van der Waals surface area (Å²) in [6.45, 7) is 6.53. The van der Waals surface area contributed by atoms with Crippen LogP contribution in [0.2, 0.25) is 5.32 Å². The van der Waals surface area contributed by atoms with E-state index in [2.05, 4.69) is 13.8 Å². The van der Waals surface area contributed by atoms with Gasteiger partial charge in [-0.1, -0.05) is 0 Å². The number of aliphatic hydroxyl groups is 1. The molecule has 0 aliphatic heterocycles. The molecule has 4 heteroatoms. The molecule has 0 amide bonds. The molecule has 4 atom stereocenters. The monoisotopic (exact) mass is 370 g/mol. The van der Waals surface area contributed by atoms with E-state index in [0.717, 1.165) is 28.6 Å². The van der Waals surface area contributed by atoms with E-state index in [0.29, 0.717) is 11.2 Å². The Hall–Kier alpha value is -0.701. The van der Waals surface area contributed by atoms with Crippen LogP contribution < -0.4 is 9.20 Å². The number of methoxy groups -OCH3 is 1. The molecule has 0 aromatic heterocycles.